The second kappa shape index (κ2) is 4.08. The van der Waals surface area contributed by atoms with Crippen LogP contribution in [0.4, 0.5) is 5.69 Å². The number of alkyl halides is 1. The highest BCUT2D eigenvalue weighted by Gasteiger charge is 2.05. The summed E-state index contributed by atoms with van der Waals surface area (Å²) in [5.74, 6) is 0. The van der Waals surface area contributed by atoms with Crippen LogP contribution in [0.3, 0.4) is 0 Å². The van der Waals surface area contributed by atoms with Crippen LogP contribution in [0, 0.1) is 0 Å². The molecule has 0 saturated carbocycles. The van der Waals surface area contributed by atoms with E-state index >= 15 is 0 Å². The average Bonchev–Trinajstić information content (AvgIpc) is 2.06. The van der Waals surface area contributed by atoms with Crippen molar-refractivity contribution in [1.29, 1.82) is 0 Å². The molecule has 0 saturated heterocycles. The molecule has 1 rings (SSSR count). The molecule has 1 N–H and O–H groups in total. The van der Waals surface area contributed by atoms with Crippen LogP contribution < -0.4 is 4.72 Å². The van der Waals surface area contributed by atoms with Gasteiger partial charge in [0.2, 0.25) is 10.0 Å². The summed E-state index contributed by atoms with van der Waals surface area (Å²) in [4.78, 5) is 0. The Morgan fingerprint density at radius 1 is 1.25 bits per heavy atom. The molecule has 12 heavy (non-hydrogen) atoms. The molecule has 66 valence electrons. The Morgan fingerprint density at radius 2 is 1.83 bits per heavy atom. The number of para-hydroxylation sites is 1. The number of nitrogens with one attached hydrogen (secondary N) is 1. The van der Waals surface area contributed by atoms with Crippen molar-refractivity contribution in [2.75, 3.05) is 8.48 Å². The number of halogens is 1. The van der Waals surface area contributed by atoms with Crippen molar-refractivity contribution in [1.82, 2.24) is 0 Å². The Kier molecular flexibility index (Phi) is 3.33. The smallest absolute Gasteiger partial charge is 0.242 e. The molecule has 0 fully saturated rings. The van der Waals surface area contributed by atoms with Crippen molar-refractivity contribution in [2.24, 2.45) is 0 Å². The Morgan fingerprint density at radius 3 is 2.33 bits per heavy atom. The summed E-state index contributed by atoms with van der Waals surface area (Å²) in [6, 6.07) is 8.83. The van der Waals surface area contributed by atoms with Crippen LogP contribution >= 0.6 is 22.6 Å². The molecule has 0 unspecified atom stereocenters. The zero-order valence-electron chi connectivity index (χ0n) is 6.20. The molecule has 0 heterocycles. The first-order valence-corrected chi connectivity index (χ1v) is 6.43. The molecule has 0 aromatic heterocycles. The first-order valence-electron chi connectivity index (χ1n) is 3.25. The third kappa shape index (κ3) is 2.98. The lowest BCUT2D eigenvalue weighted by Crippen LogP contribution is -2.12. The number of rotatable bonds is 3. The maximum Gasteiger partial charge on any atom is 0.242 e. The fourth-order valence-electron chi connectivity index (χ4n) is 0.713. The summed E-state index contributed by atoms with van der Waals surface area (Å²) in [5.41, 5.74) is 0.606. The third-order valence-electron chi connectivity index (χ3n) is 1.19. The van der Waals surface area contributed by atoms with E-state index in [4.69, 9.17) is 0 Å². The minimum Gasteiger partial charge on any atom is -0.283 e. The van der Waals surface area contributed by atoms with Crippen LogP contribution in [-0.2, 0) is 10.0 Å². The Hall–Kier alpha value is -0.300. The van der Waals surface area contributed by atoms with E-state index in [2.05, 4.69) is 4.72 Å². The molecule has 0 amide bonds. The SMILES string of the molecule is O=S(=O)(CI)Nc1ccccc1. The van der Waals surface area contributed by atoms with Gasteiger partial charge in [-0.2, -0.15) is 0 Å². The molecule has 0 aliphatic heterocycles. The number of sulfonamides is 1. The molecular formula is C7H8INO2S. The summed E-state index contributed by atoms with van der Waals surface area (Å²) in [5, 5.41) is 0. The van der Waals surface area contributed by atoms with Gasteiger partial charge >= 0.3 is 0 Å². The Balaban J connectivity index is 2.78. The van der Waals surface area contributed by atoms with Gasteiger partial charge in [-0.3, -0.25) is 4.72 Å². The summed E-state index contributed by atoms with van der Waals surface area (Å²) in [6.45, 7) is 0. The fourth-order valence-corrected chi connectivity index (χ4v) is 1.73. The lowest BCUT2D eigenvalue weighted by molar-refractivity contribution is 0.606. The van der Waals surface area contributed by atoms with E-state index in [1.165, 1.54) is 0 Å². The molecular weight excluding hydrogens is 289 g/mol. The second-order valence-corrected chi connectivity index (χ2v) is 5.71. The van der Waals surface area contributed by atoms with Gasteiger partial charge in [-0.15, -0.1) is 0 Å². The summed E-state index contributed by atoms with van der Waals surface area (Å²) >= 11 is 1.81. The van der Waals surface area contributed by atoms with Crippen LogP contribution in [0.2, 0.25) is 0 Å². The zero-order chi connectivity index (χ0) is 9.03. The molecule has 0 radical (unpaired) electrons. The van der Waals surface area contributed by atoms with E-state index in [9.17, 15) is 8.42 Å². The average molecular weight is 297 g/mol. The zero-order valence-corrected chi connectivity index (χ0v) is 9.17. The first kappa shape index (κ1) is 9.79. The molecule has 0 aliphatic rings. The summed E-state index contributed by atoms with van der Waals surface area (Å²) in [6.07, 6.45) is 0. The minimum absolute atomic E-state index is 0.0691. The van der Waals surface area contributed by atoms with E-state index < -0.39 is 10.0 Å². The molecule has 0 atom stereocenters. The maximum atomic E-state index is 11.1. The molecule has 5 heteroatoms. The molecule has 0 aliphatic carbocycles. The van der Waals surface area contributed by atoms with Gasteiger partial charge in [-0.25, -0.2) is 8.42 Å². The normalized spacial score (nSPS) is 11.1. The van der Waals surface area contributed by atoms with E-state index in [1.54, 1.807) is 46.9 Å². The topological polar surface area (TPSA) is 46.2 Å². The highest BCUT2D eigenvalue weighted by Crippen LogP contribution is 2.08. The summed E-state index contributed by atoms with van der Waals surface area (Å²) in [7, 11) is -3.14. The van der Waals surface area contributed by atoms with Crippen molar-refractivity contribution in [3.63, 3.8) is 0 Å². The molecule has 1 aromatic carbocycles. The van der Waals surface area contributed by atoms with Gasteiger partial charge in [0.05, 0.1) is 0 Å². The van der Waals surface area contributed by atoms with Crippen molar-refractivity contribution in [2.45, 2.75) is 0 Å². The van der Waals surface area contributed by atoms with Crippen molar-refractivity contribution in [3.8, 4) is 0 Å². The monoisotopic (exact) mass is 297 g/mol. The first-order chi connectivity index (χ1) is 5.64. The van der Waals surface area contributed by atoms with Gasteiger partial charge < -0.3 is 0 Å². The molecule has 0 spiro atoms. The highest BCUT2D eigenvalue weighted by atomic mass is 127. The maximum absolute atomic E-state index is 11.1. The summed E-state index contributed by atoms with van der Waals surface area (Å²) < 4.78 is 24.6. The number of anilines is 1. The molecule has 3 nitrogen and oxygen atoms in total. The minimum atomic E-state index is -3.14. The van der Waals surface area contributed by atoms with Crippen LogP contribution in [-0.4, -0.2) is 12.2 Å². The second-order valence-electron chi connectivity index (χ2n) is 2.19. The van der Waals surface area contributed by atoms with Crippen LogP contribution in [0.5, 0.6) is 0 Å². The van der Waals surface area contributed by atoms with E-state index in [-0.39, 0.29) is 3.76 Å². The number of hydrogen-bond acceptors (Lipinski definition) is 2. The van der Waals surface area contributed by atoms with Gasteiger partial charge in [0.1, 0.15) is 3.76 Å². The van der Waals surface area contributed by atoms with Gasteiger partial charge in [-0.1, -0.05) is 40.8 Å². The molecule has 0 bridgehead atoms. The lowest BCUT2D eigenvalue weighted by atomic mass is 10.3. The van der Waals surface area contributed by atoms with Gasteiger partial charge in [0.25, 0.3) is 0 Å². The van der Waals surface area contributed by atoms with Crippen molar-refractivity contribution < 1.29 is 8.42 Å². The van der Waals surface area contributed by atoms with Crippen molar-refractivity contribution in [3.05, 3.63) is 30.3 Å². The third-order valence-corrected chi connectivity index (χ3v) is 4.48. The Labute approximate surface area is 85.4 Å². The quantitative estimate of drug-likeness (QED) is 0.683. The van der Waals surface area contributed by atoms with Crippen LogP contribution in [0.1, 0.15) is 0 Å². The van der Waals surface area contributed by atoms with Gasteiger partial charge in [-0.05, 0) is 12.1 Å². The Bertz CT molecular complexity index is 336. The van der Waals surface area contributed by atoms with Crippen LogP contribution in [0.25, 0.3) is 0 Å². The highest BCUT2D eigenvalue weighted by molar-refractivity contribution is 14.1. The van der Waals surface area contributed by atoms with E-state index in [0.29, 0.717) is 5.69 Å². The van der Waals surface area contributed by atoms with E-state index in [1.807, 2.05) is 6.07 Å². The van der Waals surface area contributed by atoms with Gasteiger partial charge in [0.15, 0.2) is 0 Å². The van der Waals surface area contributed by atoms with Crippen LogP contribution in [0.15, 0.2) is 30.3 Å². The fraction of sp³-hybridized carbons (Fsp3) is 0.143. The number of benzene rings is 1. The van der Waals surface area contributed by atoms with E-state index in [0.717, 1.165) is 0 Å². The predicted molar refractivity (Wildman–Crippen MR) is 57.9 cm³/mol. The van der Waals surface area contributed by atoms with Crippen molar-refractivity contribution >= 4 is 38.3 Å². The predicted octanol–water partition coefficient (Wildman–Crippen LogP) is 1.82. The standard InChI is InChI=1S/C7H8INO2S/c8-6-12(10,11)9-7-4-2-1-3-5-7/h1-5,9H,6H2. The van der Waals surface area contributed by atoms with Gasteiger partial charge in [0, 0.05) is 5.69 Å². The molecule has 1 aromatic rings. The lowest BCUT2D eigenvalue weighted by Gasteiger charge is -2.03. The number of hydrogen-bond donors (Lipinski definition) is 1. The largest absolute Gasteiger partial charge is 0.283 e.